The molecule has 0 bridgehead atoms. The van der Waals surface area contributed by atoms with Crippen molar-refractivity contribution in [1.29, 1.82) is 0 Å². The van der Waals surface area contributed by atoms with Gasteiger partial charge in [0.25, 0.3) is 0 Å². The number of fused-ring (bicyclic) bond motifs is 1. The molecule has 0 aliphatic heterocycles. The highest BCUT2D eigenvalue weighted by Gasteiger charge is 2.15. The van der Waals surface area contributed by atoms with Gasteiger partial charge in [0, 0.05) is 10.1 Å². The number of nitrogens with two attached hydrogens (primary N) is 1. The van der Waals surface area contributed by atoms with Crippen LogP contribution in [-0.4, -0.2) is 11.1 Å². The zero-order valence-electron chi connectivity index (χ0n) is 6.95. The molecule has 2 rings (SSSR count). The number of halogens is 1. The molecule has 0 saturated heterocycles. The third-order valence-corrected chi connectivity index (χ3v) is 2.83. The minimum absolute atomic E-state index is 0.183. The van der Waals surface area contributed by atoms with Crippen molar-refractivity contribution in [1.82, 2.24) is 0 Å². The monoisotopic (exact) mass is 211 g/mol. The van der Waals surface area contributed by atoms with Crippen molar-refractivity contribution >= 4 is 33.1 Å². The summed E-state index contributed by atoms with van der Waals surface area (Å²) in [6.45, 7) is 0. The standard InChI is InChI=1S/C9H6FNO2S/c10-7-4-1-2-14-6(4)3-5(8(7)11)9(12)13/h1-3H,11H2,(H,12,13). The lowest BCUT2D eigenvalue weighted by Crippen LogP contribution is -2.04. The molecule has 1 aromatic heterocycles. The largest absolute Gasteiger partial charge is 0.478 e. The minimum atomic E-state index is -1.21. The topological polar surface area (TPSA) is 63.3 Å². The van der Waals surface area contributed by atoms with E-state index in [0.717, 1.165) is 0 Å². The second-order valence-electron chi connectivity index (χ2n) is 2.79. The zero-order valence-corrected chi connectivity index (χ0v) is 7.77. The number of hydrogen-bond acceptors (Lipinski definition) is 3. The number of aromatic carboxylic acids is 1. The van der Waals surface area contributed by atoms with Gasteiger partial charge in [-0.1, -0.05) is 0 Å². The number of nitrogen functional groups attached to an aromatic ring is 1. The normalized spacial score (nSPS) is 10.6. The molecule has 14 heavy (non-hydrogen) atoms. The summed E-state index contributed by atoms with van der Waals surface area (Å²) in [5.41, 5.74) is 4.87. The Kier molecular flexibility index (Phi) is 1.89. The van der Waals surface area contributed by atoms with Crippen molar-refractivity contribution in [3.63, 3.8) is 0 Å². The van der Waals surface area contributed by atoms with Gasteiger partial charge in [-0.05, 0) is 17.5 Å². The average Bonchev–Trinajstić information content (AvgIpc) is 2.58. The van der Waals surface area contributed by atoms with Gasteiger partial charge in [-0.25, -0.2) is 9.18 Å². The van der Waals surface area contributed by atoms with Gasteiger partial charge in [0.05, 0.1) is 11.3 Å². The number of rotatable bonds is 1. The molecule has 1 aromatic carbocycles. The van der Waals surface area contributed by atoms with Crippen LogP contribution in [-0.2, 0) is 0 Å². The molecule has 0 amide bonds. The predicted octanol–water partition coefficient (Wildman–Crippen LogP) is 2.32. The Labute approximate surface area is 82.6 Å². The quantitative estimate of drug-likeness (QED) is 0.711. The van der Waals surface area contributed by atoms with Crippen LogP contribution in [0.5, 0.6) is 0 Å². The van der Waals surface area contributed by atoms with Crippen LogP contribution in [0.15, 0.2) is 17.5 Å². The molecule has 0 radical (unpaired) electrons. The van der Waals surface area contributed by atoms with E-state index in [1.165, 1.54) is 17.4 Å². The molecule has 0 aliphatic carbocycles. The number of carbonyl (C=O) groups is 1. The minimum Gasteiger partial charge on any atom is -0.478 e. The Morgan fingerprint density at radius 3 is 2.93 bits per heavy atom. The van der Waals surface area contributed by atoms with Crippen LogP contribution in [0, 0.1) is 5.82 Å². The van der Waals surface area contributed by atoms with E-state index in [9.17, 15) is 9.18 Å². The van der Waals surface area contributed by atoms with E-state index in [-0.39, 0.29) is 11.3 Å². The third kappa shape index (κ3) is 1.13. The van der Waals surface area contributed by atoms with E-state index in [0.29, 0.717) is 10.1 Å². The van der Waals surface area contributed by atoms with Gasteiger partial charge in [-0.2, -0.15) is 0 Å². The van der Waals surface area contributed by atoms with Crippen LogP contribution in [0.3, 0.4) is 0 Å². The molecule has 0 saturated carbocycles. The van der Waals surface area contributed by atoms with E-state index in [4.69, 9.17) is 10.8 Å². The van der Waals surface area contributed by atoms with Gasteiger partial charge in [-0.3, -0.25) is 0 Å². The second-order valence-corrected chi connectivity index (χ2v) is 3.74. The summed E-state index contributed by atoms with van der Waals surface area (Å²) in [6.07, 6.45) is 0. The van der Waals surface area contributed by atoms with E-state index in [1.54, 1.807) is 11.4 Å². The number of carboxylic acids is 1. The fourth-order valence-corrected chi connectivity index (χ4v) is 2.08. The van der Waals surface area contributed by atoms with Crippen molar-refractivity contribution in [3.05, 3.63) is 28.9 Å². The molecule has 5 heteroatoms. The molecule has 3 nitrogen and oxygen atoms in total. The molecule has 0 spiro atoms. The first-order valence-electron chi connectivity index (χ1n) is 3.79. The van der Waals surface area contributed by atoms with Gasteiger partial charge in [0.2, 0.25) is 0 Å². The van der Waals surface area contributed by atoms with Gasteiger partial charge < -0.3 is 10.8 Å². The first-order valence-corrected chi connectivity index (χ1v) is 4.67. The van der Waals surface area contributed by atoms with Crippen LogP contribution in [0.1, 0.15) is 10.4 Å². The molecule has 0 aliphatic rings. The first kappa shape index (κ1) is 8.96. The highest BCUT2D eigenvalue weighted by atomic mass is 32.1. The predicted molar refractivity (Wildman–Crippen MR) is 53.2 cm³/mol. The van der Waals surface area contributed by atoms with E-state index in [2.05, 4.69) is 0 Å². The van der Waals surface area contributed by atoms with Crippen molar-refractivity contribution in [2.45, 2.75) is 0 Å². The number of benzene rings is 1. The Morgan fingerprint density at radius 1 is 1.57 bits per heavy atom. The summed E-state index contributed by atoms with van der Waals surface area (Å²) in [6, 6.07) is 2.97. The molecule has 1 heterocycles. The lowest BCUT2D eigenvalue weighted by Gasteiger charge is -2.02. The van der Waals surface area contributed by atoms with Gasteiger partial charge in [0.15, 0.2) is 5.82 Å². The smallest absolute Gasteiger partial charge is 0.337 e. The Bertz CT molecular complexity index is 521. The molecule has 0 unspecified atom stereocenters. The molecule has 0 fully saturated rings. The lowest BCUT2D eigenvalue weighted by atomic mass is 10.1. The van der Waals surface area contributed by atoms with Crippen molar-refractivity contribution in [2.75, 3.05) is 5.73 Å². The van der Waals surface area contributed by atoms with Crippen molar-refractivity contribution in [2.24, 2.45) is 0 Å². The van der Waals surface area contributed by atoms with Crippen LogP contribution >= 0.6 is 11.3 Å². The summed E-state index contributed by atoms with van der Waals surface area (Å²) in [5, 5.41) is 10.8. The van der Waals surface area contributed by atoms with E-state index in [1.807, 2.05) is 0 Å². The fraction of sp³-hybridized carbons (Fsp3) is 0. The summed E-state index contributed by atoms with van der Waals surface area (Å²) < 4.78 is 14.1. The molecule has 72 valence electrons. The highest BCUT2D eigenvalue weighted by molar-refractivity contribution is 7.17. The molecule has 2 aromatic rings. The van der Waals surface area contributed by atoms with Crippen LogP contribution in [0.25, 0.3) is 10.1 Å². The average molecular weight is 211 g/mol. The maximum absolute atomic E-state index is 13.5. The second kappa shape index (κ2) is 2.95. The summed E-state index contributed by atoms with van der Waals surface area (Å²) in [7, 11) is 0. The summed E-state index contributed by atoms with van der Waals surface area (Å²) in [4.78, 5) is 10.7. The maximum atomic E-state index is 13.5. The van der Waals surface area contributed by atoms with E-state index >= 15 is 0 Å². The molecular formula is C9H6FNO2S. The van der Waals surface area contributed by atoms with Crippen molar-refractivity contribution < 1.29 is 14.3 Å². The van der Waals surface area contributed by atoms with Gasteiger partial charge >= 0.3 is 5.97 Å². The number of carboxylic acid groups (broad SMARTS) is 1. The number of hydrogen-bond donors (Lipinski definition) is 2. The number of anilines is 1. The first-order chi connectivity index (χ1) is 6.61. The van der Waals surface area contributed by atoms with Gasteiger partial charge in [0.1, 0.15) is 0 Å². The fourth-order valence-electron chi connectivity index (χ4n) is 1.26. The Hall–Kier alpha value is -1.62. The summed E-state index contributed by atoms with van der Waals surface area (Å²) in [5.74, 6) is -1.86. The Balaban J connectivity index is 2.87. The van der Waals surface area contributed by atoms with Crippen LogP contribution in [0.4, 0.5) is 10.1 Å². The van der Waals surface area contributed by atoms with Gasteiger partial charge in [-0.15, -0.1) is 11.3 Å². The van der Waals surface area contributed by atoms with E-state index < -0.39 is 11.8 Å². The Morgan fingerprint density at radius 2 is 2.29 bits per heavy atom. The molecule has 3 N–H and O–H groups in total. The molecular weight excluding hydrogens is 205 g/mol. The lowest BCUT2D eigenvalue weighted by molar-refractivity contribution is 0.0698. The highest BCUT2D eigenvalue weighted by Crippen LogP contribution is 2.30. The third-order valence-electron chi connectivity index (χ3n) is 1.96. The SMILES string of the molecule is Nc1c(C(=O)O)cc2sccc2c1F. The summed E-state index contributed by atoms with van der Waals surface area (Å²) >= 11 is 1.28. The zero-order chi connectivity index (χ0) is 10.3. The molecule has 0 atom stereocenters. The van der Waals surface area contributed by atoms with Crippen LogP contribution in [0.2, 0.25) is 0 Å². The number of thiophene rings is 1. The van der Waals surface area contributed by atoms with Crippen molar-refractivity contribution in [3.8, 4) is 0 Å². The van der Waals surface area contributed by atoms with Crippen LogP contribution < -0.4 is 5.73 Å². The maximum Gasteiger partial charge on any atom is 0.337 e.